The normalized spacial score (nSPS) is 10.5. The number of carbonyl (C=O) groups is 2. The summed E-state index contributed by atoms with van der Waals surface area (Å²) in [6.45, 7) is 4.15. The fraction of sp³-hybridized carbons (Fsp3) is 0.227. The number of nitrogens with zero attached hydrogens (tertiary/aromatic N) is 3. The number of amides is 2. The fourth-order valence-electron chi connectivity index (χ4n) is 3.01. The predicted molar refractivity (Wildman–Crippen MR) is 111 cm³/mol. The summed E-state index contributed by atoms with van der Waals surface area (Å²) in [5, 5.41) is 7.32. The zero-order valence-electron chi connectivity index (χ0n) is 16.3. The van der Waals surface area contributed by atoms with Crippen LogP contribution in [-0.2, 0) is 17.8 Å². The van der Waals surface area contributed by atoms with Gasteiger partial charge in [0.15, 0.2) is 0 Å². The molecule has 0 atom stereocenters. The minimum absolute atomic E-state index is 0.0461. The molecule has 1 heterocycles. The van der Waals surface area contributed by atoms with Gasteiger partial charge in [0, 0.05) is 25.3 Å². The maximum atomic E-state index is 12.8. The highest BCUT2D eigenvalue weighted by Gasteiger charge is 2.17. The third-order valence-electron chi connectivity index (χ3n) is 4.69. The fourth-order valence-corrected chi connectivity index (χ4v) is 3.01. The van der Waals surface area contributed by atoms with Crippen molar-refractivity contribution in [3.63, 3.8) is 0 Å². The second-order valence-electron chi connectivity index (χ2n) is 6.58. The van der Waals surface area contributed by atoms with Crippen molar-refractivity contribution in [1.29, 1.82) is 0 Å². The highest BCUT2D eigenvalue weighted by Crippen LogP contribution is 2.19. The molecule has 0 bridgehead atoms. The highest BCUT2D eigenvalue weighted by molar-refractivity contribution is 6.05. The molecule has 0 aliphatic heterocycles. The summed E-state index contributed by atoms with van der Waals surface area (Å²) in [5.74, 6) is -0.237. The maximum absolute atomic E-state index is 12.8. The first-order valence-corrected chi connectivity index (χ1v) is 9.24. The summed E-state index contributed by atoms with van der Waals surface area (Å²) < 4.78 is 1.87. The van der Waals surface area contributed by atoms with Gasteiger partial charge in [-0.05, 0) is 36.2 Å². The molecule has 1 N–H and O–H groups in total. The summed E-state index contributed by atoms with van der Waals surface area (Å²) >= 11 is 0. The number of carbonyl (C=O) groups excluding carboxylic acids is 2. The van der Waals surface area contributed by atoms with Gasteiger partial charge in [0.05, 0.1) is 24.0 Å². The van der Waals surface area contributed by atoms with Gasteiger partial charge in [0.1, 0.15) is 0 Å². The molecule has 6 nitrogen and oxygen atoms in total. The van der Waals surface area contributed by atoms with Crippen LogP contribution in [0, 0.1) is 0 Å². The molecule has 28 heavy (non-hydrogen) atoms. The molecular formula is C22H24N4O2. The predicted octanol–water partition coefficient (Wildman–Crippen LogP) is 3.73. The van der Waals surface area contributed by atoms with Crippen molar-refractivity contribution in [2.24, 2.45) is 0 Å². The van der Waals surface area contributed by atoms with Crippen LogP contribution in [0.25, 0.3) is 0 Å². The van der Waals surface area contributed by atoms with Crippen molar-refractivity contribution < 1.29 is 9.59 Å². The molecule has 0 spiro atoms. The first kappa shape index (κ1) is 19.4. The monoisotopic (exact) mass is 376 g/mol. The number of hydrogen-bond acceptors (Lipinski definition) is 3. The van der Waals surface area contributed by atoms with Crippen molar-refractivity contribution in [1.82, 2.24) is 9.78 Å². The smallest absolute Gasteiger partial charge is 0.259 e. The molecule has 2 amide bonds. The minimum Gasteiger partial charge on any atom is -0.322 e. The Morgan fingerprint density at radius 1 is 1.07 bits per heavy atom. The number of benzene rings is 2. The van der Waals surface area contributed by atoms with E-state index in [0.717, 1.165) is 16.9 Å². The van der Waals surface area contributed by atoms with Crippen molar-refractivity contribution >= 4 is 23.2 Å². The van der Waals surface area contributed by atoms with E-state index in [1.54, 1.807) is 42.4 Å². The molecule has 144 valence electrons. The second-order valence-corrected chi connectivity index (χ2v) is 6.58. The Kier molecular flexibility index (Phi) is 5.89. The lowest BCUT2D eigenvalue weighted by Gasteiger charge is -2.15. The van der Waals surface area contributed by atoms with Gasteiger partial charge < -0.3 is 10.2 Å². The molecule has 3 rings (SSSR count). The van der Waals surface area contributed by atoms with E-state index in [1.807, 2.05) is 41.9 Å². The molecule has 0 radical (unpaired) electrons. The molecule has 6 heteroatoms. The quantitative estimate of drug-likeness (QED) is 0.713. The van der Waals surface area contributed by atoms with E-state index < -0.39 is 0 Å². The molecular weight excluding hydrogens is 352 g/mol. The van der Waals surface area contributed by atoms with Gasteiger partial charge in [-0.15, -0.1) is 0 Å². The number of anilines is 2. The molecule has 3 aromatic rings. The molecule has 0 saturated carbocycles. The summed E-state index contributed by atoms with van der Waals surface area (Å²) in [5.41, 5.74) is 4.05. The third kappa shape index (κ3) is 4.28. The third-order valence-corrected chi connectivity index (χ3v) is 4.69. The van der Waals surface area contributed by atoms with Crippen LogP contribution in [0.3, 0.4) is 0 Å². The van der Waals surface area contributed by atoms with Crippen LogP contribution in [0.15, 0.2) is 60.8 Å². The molecule has 0 fully saturated rings. The largest absolute Gasteiger partial charge is 0.322 e. The summed E-state index contributed by atoms with van der Waals surface area (Å²) in [6, 6.07) is 17.2. The highest BCUT2D eigenvalue weighted by atomic mass is 16.2. The molecule has 0 aliphatic rings. The zero-order chi connectivity index (χ0) is 20.1. The Labute approximate surface area is 164 Å². The SMILES string of the molecule is CCc1c(C(=O)Nc2ccc(N(C)C(C)=O)cc2)cnn1Cc1ccccc1. The lowest BCUT2D eigenvalue weighted by molar-refractivity contribution is -0.116. The maximum Gasteiger partial charge on any atom is 0.259 e. The van der Waals surface area contributed by atoms with Crippen molar-refractivity contribution in [2.75, 3.05) is 17.3 Å². The Balaban J connectivity index is 1.75. The molecule has 0 aliphatic carbocycles. The summed E-state index contributed by atoms with van der Waals surface area (Å²) in [4.78, 5) is 25.8. The number of aromatic nitrogens is 2. The lowest BCUT2D eigenvalue weighted by atomic mass is 10.1. The Bertz CT molecular complexity index is 962. The van der Waals surface area contributed by atoms with E-state index in [2.05, 4.69) is 10.4 Å². The van der Waals surface area contributed by atoms with Crippen molar-refractivity contribution in [3.8, 4) is 0 Å². The number of hydrogen-bond donors (Lipinski definition) is 1. The topological polar surface area (TPSA) is 67.2 Å². The van der Waals surface area contributed by atoms with E-state index in [0.29, 0.717) is 24.2 Å². The first-order valence-electron chi connectivity index (χ1n) is 9.24. The van der Waals surface area contributed by atoms with Gasteiger partial charge in [-0.2, -0.15) is 5.10 Å². The van der Waals surface area contributed by atoms with Crippen molar-refractivity contribution in [2.45, 2.75) is 26.8 Å². The van der Waals surface area contributed by atoms with Crippen LogP contribution in [-0.4, -0.2) is 28.6 Å². The Hall–Kier alpha value is -3.41. The van der Waals surface area contributed by atoms with Crippen LogP contribution >= 0.6 is 0 Å². The van der Waals surface area contributed by atoms with Gasteiger partial charge in [-0.3, -0.25) is 14.3 Å². The molecule has 2 aromatic carbocycles. The minimum atomic E-state index is -0.191. The Morgan fingerprint density at radius 2 is 1.75 bits per heavy atom. The van der Waals surface area contributed by atoms with Gasteiger partial charge >= 0.3 is 0 Å². The lowest BCUT2D eigenvalue weighted by Crippen LogP contribution is -2.22. The van der Waals surface area contributed by atoms with E-state index in [9.17, 15) is 9.59 Å². The van der Waals surface area contributed by atoms with E-state index in [4.69, 9.17) is 0 Å². The molecule has 1 aromatic heterocycles. The average Bonchev–Trinajstić information content (AvgIpc) is 3.11. The first-order chi connectivity index (χ1) is 13.5. The van der Waals surface area contributed by atoms with Gasteiger partial charge in [0.2, 0.25) is 5.91 Å². The van der Waals surface area contributed by atoms with E-state index >= 15 is 0 Å². The second kappa shape index (κ2) is 8.52. The zero-order valence-corrected chi connectivity index (χ0v) is 16.3. The van der Waals surface area contributed by atoms with Crippen LogP contribution in [0.5, 0.6) is 0 Å². The van der Waals surface area contributed by atoms with E-state index in [1.165, 1.54) is 6.92 Å². The van der Waals surface area contributed by atoms with Crippen LogP contribution in [0.2, 0.25) is 0 Å². The Morgan fingerprint density at radius 3 is 2.36 bits per heavy atom. The van der Waals surface area contributed by atoms with Gasteiger partial charge in [-0.25, -0.2) is 0 Å². The van der Waals surface area contributed by atoms with Crippen molar-refractivity contribution in [3.05, 3.63) is 77.6 Å². The van der Waals surface area contributed by atoms with Gasteiger partial charge in [-0.1, -0.05) is 37.3 Å². The van der Waals surface area contributed by atoms with E-state index in [-0.39, 0.29) is 11.8 Å². The van der Waals surface area contributed by atoms with Crippen LogP contribution in [0.4, 0.5) is 11.4 Å². The number of rotatable bonds is 6. The van der Waals surface area contributed by atoms with Gasteiger partial charge in [0.25, 0.3) is 5.91 Å². The summed E-state index contributed by atoms with van der Waals surface area (Å²) in [7, 11) is 1.71. The molecule has 0 saturated heterocycles. The number of nitrogens with one attached hydrogen (secondary N) is 1. The summed E-state index contributed by atoms with van der Waals surface area (Å²) in [6.07, 6.45) is 2.33. The van der Waals surface area contributed by atoms with Crippen LogP contribution in [0.1, 0.15) is 35.5 Å². The average molecular weight is 376 g/mol. The van der Waals surface area contributed by atoms with Crippen LogP contribution < -0.4 is 10.2 Å². The standard InChI is InChI=1S/C22H24N4O2/c1-4-21-20(14-23-26(21)15-17-8-6-5-7-9-17)22(28)24-18-10-12-19(13-11-18)25(3)16(2)27/h5-14H,4,15H2,1-3H3,(H,24,28). The molecule has 0 unspecified atom stereocenters.